The molecule has 14 heavy (non-hydrogen) atoms. The molecule has 1 saturated heterocycles. The van der Waals surface area contributed by atoms with Gasteiger partial charge in [0.05, 0.1) is 6.10 Å². The smallest absolute Gasteiger partial charge is 0.217 e. The maximum absolute atomic E-state index is 10.7. The van der Waals surface area contributed by atoms with E-state index in [1.807, 2.05) is 0 Å². The van der Waals surface area contributed by atoms with Crippen LogP contribution in [-0.2, 0) is 9.53 Å². The van der Waals surface area contributed by atoms with E-state index < -0.39 is 36.6 Å². The van der Waals surface area contributed by atoms with Gasteiger partial charge in [-0.25, -0.2) is 0 Å². The van der Waals surface area contributed by atoms with Crippen LogP contribution in [0.25, 0.3) is 0 Å². The molecule has 0 spiro atoms. The molecule has 0 aromatic carbocycles. The van der Waals surface area contributed by atoms with Crippen LogP contribution in [0.15, 0.2) is 0 Å². The summed E-state index contributed by atoms with van der Waals surface area (Å²) < 4.78 is 4.91. The van der Waals surface area contributed by atoms with Crippen molar-refractivity contribution >= 4 is 5.91 Å². The summed E-state index contributed by atoms with van der Waals surface area (Å²) >= 11 is 0. The Hall–Kier alpha value is -0.690. The van der Waals surface area contributed by atoms with E-state index in [0.29, 0.717) is 0 Å². The Morgan fingerprint density at radius 2 is 1.86 bits per heavy atom. The Balaban J connectivity index is 2.68. The Morgan fingerprint density at radius 3 is 2.36 bits per heavy atom. The zero-order valence-electron chi connectivity index (χ0n) is 8.04. The fourth-order valence-corrected chi connectivity index (χ4v) is 1.44. The average molecular weight is 205 g/mol. The van der Waals surface area contributed by atoms with Crippen molar-refractivity contribution in [1.82, 2.24) is 5.32 Å². The van der Waals surface area contributed by atoms with E-state index in [0.717, 1.165) is 0 Å². The van der Waals surface area contributed by atoms with Crippen molar-refractivity contribution < 1.29 is 24.9 Å². The number of carbonyl (C=O) groups excluding carboxylic acids is 1. The maximum atomic E-state index is 10.7. The molecule has 0 bridgehead atoms. The van der Waals surface area contributed by atoms with Gasteiger partial charge >= 0.3 is 0 Å². The molecule has 0 saturated carbocycles. The highest BCUT2D eigenvalue weighted by Gasteiger charge is 2.42. The van der Waals surface area contributed by atoms with E-state index in [4.69, 9.17) is 4.74 Å². The van der Waals surface area contributed by atoms with Gasteiger partial charge in [0.15, 0.2) is 6.29 Å². The molecule has 4 N–H and O–H groups in total. The zero-order valence-corrected chi connectivity index (χ0v) is 8.04. The van der Waals surface area contributed by atoms with Gasteiger partial charge in [0.25, 0.3) is 0 Å². The molecule has 0 aromatic rings. The quantitative estimate of drug-likeness (QED) is 0.395. The van der Waals surface area contributed by atoms with Crippen molar-refractivity contribution in [3.8, 4) is 0 Å². The van der Waals surface area contributed by atoms with Crippen LogP contribution >= 0.6 is 0 Å². The van der Waals surface area contributed by atoms with E-state index in [-0.39, 0.29) is 0 Å². The molecule has 0 aromatic heterocycles. The SMILES string of the molecule is CC(=O)N[C@H]1[C@@H](O)[C@@H](O)[C@@H](C)O[C@@H]1O. The predicted octanol–water partition coefficient (Wildman–Crippen LogP) is -2.05. The molecular formula is C8H15NO5. The van der Waals surface area contributed by atoms with E-state index in [1.165, 1.54) is 13.8 Å². The van der Waals surface area contributed by atoms with Gasteiger partial charge in [0.2, 0.25) is 5.91 Å². The largest absolute Gasteiger partial charge is 0.388 e. The van der Waals surface area contributed by atoms with Gasteiger partial charge in [-0.3, -0.25) is 4.79 Å². The summed E-state index contributed by atoms with van der Waals surface area (Å²) in [6.07, 6.45) is -4.30. The number of aliphatic hydroxyl groups is 3. The third-order valence-electron chi connectivity index (χ3n) is 2.23. The highest BCUT2D eigenvalue weighted by Crippen LogP contribution is 2.19. The van der Waals surface area contributed by atoms with E-state index >= 15 is 0 Å². The Labute approximate surface area is 81.5 Å². The maximum Gasteiger partial charge on any atom is 0.217 e. The first-order valence-electron chi connectivity index (χ1n) is 4.40. The normalized spacial score (nSPS) is 43.4. The van der Waals surface area contributed by atoms with E-state index in [2.05, 4.69) is 5.32 Å². The first-order valence-corrected chi connectivity index (χ1v) is 4.40. The second-order valence-electron chi connectivity index (χ2n) is 3.44. The number of hydrogen-bond acceptors (Lipinski definition) is 5. The fourth-order valence-electron chi connectivity index (χ4n) is 1.44. The monoisotopic (exact) mass is 205 g/mol. The molecule has 1 aliphatic heterocycles. The first kappa shape index (κ1) is 11.4. The molecule has 0 aliphatic carbocycles. The molecule has 1 heterocycles. The standard InChI is InChI=1S/C8H15NO5/c1-3-6(11)7(12)5(8(13)14-3)9-4(2)10/h3,5-8,11-13H,1-2H3,(H,9,10)/t3-,5+,6+,7-,8+/m1/s1. The molecule has 0 unspecified atom stereocenters. The lowest BCUT2D eigenvalue weighted by molar-refractivity contribution is -0.242. The van der Waals surface area contributed by atoms with Crippen LogP contribution in [-0.4, -0.2) is 51.9 Å². The van der Waals surface area contributed by atoms with Crippen LogP contribution in [0, 0.1) is 0 Å². The van der Waals surface area contributed by atoms with Crippen LogP contribution in [0.4, 0.5) is 0 Å². The summed E-state index contributed by atoms with van der Waals surface area (Å²) in [4.78, 5) is 10.7. The van der Waals surface area contributed by atoms with Crippen LogP contribution in [0.2, 0.25) is 0 Å². The van der Waals surface area contributed by atoms with Crippen LogP contribution in [0.5, 0.6) is 0 Å². The third kappa shape index (κ3) is 2.21. The van der Waals surface area contributed by atoms with Crippen molar-refractivity contribution in [2.24, 2.45) is 0 Å². The number of amides is 1. The minimum atomic E-state index is -1.30. The number of aliphatic hydroxyl groups excluding tert-OH is 3. The van der Waals surface area contributed by atoms with E-state index in [1.54, 1.807) is 0 Å². The zero-order chi connectivity index (χ0) is 10.9. The Kier molecular flexibility index (Phi) is 3.43. The number of ether oxygens (including phenoxy) is 1. The van der Waals surface area contributed by atoms with Crippen molar-refractivity contribution in [3.63, 3.8) is 0 Å². The average Bonchev–Trinajstić information content (AvgIpc) is 2.09. The topological polar surface area (TPSA) is 99.0 Å². The van der Waals surface area contributed by atoms with Gasteiger partial charge in [-0.15, -0.1) is 0 Å². The Morgan fingerprint density at radius 1 is 1.29 bits per heavy atom. The lowest BCUT2D eigenvalue weighted by Crippen LogP contribution is -2.62. The number of nitrogens with one attached hydrogen (secondary N) is 1. The number of rotatable bonds is 1. The number of carbonyl (C=O) groups is 1. The highest BCUT2D eigenvalue weighted by atomic mass is 16.6. The lowest BCUT2D eigenvalue weighted by Gasteiger charge is -2.39. The summed E-state index contributed by atoms with van der Waals surface area (Å²) in [6.45, 7) is 2.78. The molecule has 6 nitrogen and oxygen atoms in total. The molecule has 6 heteroatoms. The molecule has 1 fully saturated rings. The van der Waals surface area contributed by atoms with Crippen molar-refractivity contribution in [2.75, 3.05) is 0 Å². The molecular weight excluding hydrogens is 190 g/mol. The third-order valence-corrected chi connectivity index (χ3v) is 2.23. The predicted molar refractivity (Wildman–Crippen MR) is 46.2 cm³/mol. The van der Waals surface area contributed by atoms with Crippen LogP contribution in [0.3, 0.4) is 0 Å². The summed E-state index contributed by atoms with van der Waals surface area (Å²) in [5, 5.41) is 30.6. The van der Waals surface area contributed by atoms with Crippen molar-refractivity contribution in [1.29, 1.82) is 0 Å². The van der Waals surface area contributed by atoms with Gasteiger partial charge in [-0.1, -0.05) is 0 Å². The van der Waals surface area contributed by atoms with Crippen molar-refractivity contribution in [3.05, 3.63) is 0 Å². The number of hydrogen-bond donors (Lipinski definition) is 4. The highest BCUT2D eigenvalue weighted by molar-refractivity contribution is 5.73. The van der Waals surface area contributed by atoms with E-state index in [9.17, 15) is 20.1 Å². The summed E-state index contributed by atoms with van der Waals surface area (Å²) in [6, 6.07) is -0.987. The fraction of sp³-hybridized carbons (Fsp3) is 0.875. The molecule has 1 rings (SSSR count). The van der Waals surface area contributed by atoms with Gasteiger partial charge in [0.1, 0.15) is 18.2 Å². The first-order chi connectivity index (χ1) is 6.43. The summed E-state index contributed by atoms with van der Waals surface area (Å²) in [5.74, 6) is -0.404. The molecule has 82 valence electrons. The van der Waals surface area contributed by atoms with Gasteiger partial charge < -0.3 is 25.4 Å². The van der Waals surface area contributed by atoms with Crippen LogP contribution in [0.1, 0.15) is 13.8 Å². The molecule has 0 radical (unpaired) electrons. The van der Waals surface area contributed by atoms with Crippen molar-refractivity contribution in [2.45, 2.75) is 44.5 Å². The second-order valence-corrected chi connectivity index (χ2v) is 3.44. The minimum Gasteiger partial charge on any atom is -0.388 e. The minimum absolute atomic E-state index is 0.404. The molecule has 1 amide bonds. The Bertz CT molecular complexity index is 222. The van der Waals surface area contributed by atoms with Gasteiger partial charge in [0, 0.05) is 6.92 Å². The van der Waals surface area contributed by atoms with Gasteiger partial charge in [-0.2, -0.15) is 0 Å². The summed E-state index contributed by atoms with van der Waals surface area (Å²) in [7, 11) is 0. The molecule has 1 aliphatic rings. The van der Waals surface area contributed by atoms with Gasteiger partial charge in [-0.05, 0) is 6.92 Å². The second kappa shape index (κ2) is 4.22. The molecule has 5 atom stereocenters. The van der Waals surface area contributed by atoms with Crippen LogP contribution < -0.4 is 5.32 Å². The summed E-state index contributed by atoms with van der Waals surface area (Å²) in [5.41, 5.74) is 0. The lowest BCUT2D eigenvalue weighted by atomic mass is 9.98.